The van der Waals surface area contributed by atoms with Gasteiger partial charge in [-0.05, 0) is 6.92 Å². The van der Waals surface area contributed by atoms with Gasteiger partial charge in [0.25, 0.3) is 5.79 Å². The van der Waals surface area contributed by atoms with Crippen molar-refractivity contribution in [2.24, 2.45) is 0 Å². The van der Waals surface area contributed by atoms with Gasteiger partial charge in [-0.15, -0.1) is 0 Å². The maximum atomic E-state index is 8.45. The van der Waals surface area contributed by atoms with Crippen LogP contribution in [0.4, 0.5) is 0 Å². The zero-order chi connectivity index (χ0) is 9.03. The van der Waals surface area contributed by atoms with E-state index in [0.717, 1.165) is 0 Å². The Morgan fingerprint density at radius 1 is 1.08 bits per heavy atom. The van der Waals surface area contributed by atoms with Crippen LogP contribution in [0.5, 0.6) is 0 Å². The fourth-order valence-electron chi connectivity index (χ4n) is 0.863. The Kier molecular flexibility index (Phi) is 2.78. The monoisotopic (exact) mass is 170 g/mol. The molecule has 0 saturated heterocycles. The van der Waals surface area contributed by atoms with Crippen LogP contribution in [0, 0.1) is 0 Å². The first-order valence-corrected chi connectivity index (χ1v) is 3.43. The Balaban J connectivity index is 2.95. The molecule has 2 N–H and O–H groups in total. The van der Waals surface area contributed by atoms with Crippen LogP contribution in [0.3, 0.4) is 0 Å². The molecule has 66 valence electrons. The van der Waals surface area contributed by atoms with E-state index in [1.807, 2.05) is 0 Å². The minimum atomic E-state index is -1.51. The molecule has 12 heavy (non-hydrogen) atoms. The van der Waals surface area contributed by atoms with Crippen LogP contribution in [0.25, 0.3) is 0 Å². The first-order chi connectivity index (χ1) is 5.73. The highest BCUT2D eigenvalue weighted by molar-refractivity contribution is 5.19. The van der Waals surface area contributed by atoms with Crippen LogP contribution >= 0.6 is 0 Å². The van der Waals surface area contributed by atoms with Crippen molar-refractivity contribution in [3.63, 3.8) is 0 Å². The second-order valence-corrected chi connectivity index (χ2v) is 2.49. The quantitative estimate of drug-likeness (QED) is 0.413. The van der Waals surface area contributed by atoms with Crippen molar-refractivity contribution in [1.29, 1.82) is 0 Å². The Hall–Kier alpha value is -0.940. The van der Waals surface area contributed by atoms with Crippen LogP contribution in [0.15, 0.2) is 30.3 Å². The second kappa shape index (κ2) is 3.64. The summed E-state index contributed by atoms with van der Waals surface area (Å²) >= 11 is 0. The molecule has 0 saturated carbocycles. The van der Waals surface area contributed by atoms with Crippen LogP contribution < -0.4 is 0 Å². The summed E-state index contributed by atoms with van der Waals surface area (Å²) < 4.78 is 0. The normalized spacial score (nSPS) is 11.6. The van der Waals surface area contributed by atoms with E-state index in [0.29, 0.717) is 5.56 Å². The molecule has 4 nitrogen and oxygen atoms in total. The molecule has 0 aromatic heterocycles. The third kappa shape index (κ3) is 1.62. The van der Waals surface area contributed by atoms with E-state index in [4.69, 9.17) is 10.5 Å². The summed E-state index contributed by atoms with van der Waals surface area (Å²) in [5, 5.41) is 16.9. The van der Waals surface area contributed by atoms with Gasteiger partial charge in [0.05, 0.1) is 0 Å². The molecule has 4 heteroatoms. The molecule has 0 heterocycles. The molecular weight excluding hydrogens is 160 g/mol. The molecule has 1 rings (SSSR count). The first-order valence-electron chi connectivity index (χ1n) is 3.43. The van der Waals surface area contributed by atoms with E-state index in [1.165, 1.54) is 6.92 Å². The average Bonchev–Trinajstić information content (AvgIpc) is 2.18. The lowest BCUT2D eigenvalue weighted by molar-refractivity contribution is -0.489. The van der Waals surface area contributed by atoms with Gasteiger partial charge < -0.3 is 0 Å². The van der Waals surface area contributed by atoms with Crippen LogP contribution in [0.2, 0.25) is 0 Å². The van der Waals surface area contributed by atoms with E-state index in [9.17, 15) is 0 Å². The molecule has 1 aromatic rings. The summed E-state index contributed by atoms with van der Waals surface area (Å²) in [5.41, 5.74) is 0.523. The van der Waals surface area contributed by atoms with Gasteiger partial charge in [0.15, 0.2) is 0 Å². The fourth-order valence-corrected chi connectivity index (χ4v) is 0.863. The smallest absolute Gasteiger partial charge is 0.248 e. The predicted octanol–water partition coefficient (Wildman–Crippen LogP) is 1.84. The standard InChI is InChI=1S/C8H10O4/c1-8(11-9,12-10)7-5-3-2-4-6-7/h2-6,9-10H,1H3. The molecule has 0 atom stereocenters. The largest absolute Gasteiger partial charge is 0.255 e. The summed E-state index contributed by atoms with van der Waals surface area (Å²) in [7, 11) is 0. The highest BCUT2D eigenvalue weighted by Gasteiger charge is 2.29. The molecule has 0 aliphatic heterocycles. The molecule has 0 amide bonds. The Bertz CT molecular complexity index is 230. The van der Waals surface area contributed by atoms with Crippen molar-refractivity contribution in [3.05, 3.63) is 35.9 Å². The fraction of sp³-hybridized carbons (Fsp3) is 0.250. The first kappa shape index (κ1) is 9.15. The topological polar surface area (TPSA) is 58.9 Å². The SMILES string of the molecule is CC(OO)(OO)c1ccccc1. The Labute approximate surface area is 69.8 Å². The summed E-state index contributed by atoms with van der Waals surface area (Å²) in [6.07, 6.45) is 0. The van der Waals surface area contributed by atoms with Gasteiger partial charge in [-0.1, -0.05) is 30.3 Å². The van der Waals surface area contributed by atoms with Crippen molar-refractivity contribution in [2.45, 2.75) is 12.7 Å². The van der Waals surface area contributed by atoms with Gasteiger partial charge >= 0.3 is 0 Å². The van der Waals surface area contributed by atoms with E-state index >= 15 is 0 Å². The van der Waals surface area contributed by atoms with Gasteiger partial charge in [0, 0.05) is 5.56 Å². The van der Waals surface area contributed by atoms with Gasteiger partial charge in [0.2, 0.25) is 0 Å². The molecule has 0 bridgehead atoms. The highest BCUT2D eigenvalue weighted by atomic mass is 17.2. The Morgan fingerprint density at radius 3 is 2.00 bits per heavy atom. The minimum Gasteiger partial charge on any atom is -0.248 e. The highest BCUT2D eigenvalue weighted by Crippen LogP contribution is 2.23. The van der Waals surface area contributed by atoms with E-state index in [2.05, 4.69) is 9.78 Å². The van der Waals surface area contributed by atoms with Crippen molar-refractivity contribution in [2.75, 3.05) is 0 Å². The van der Waals surface area contributed by atoms with Crippen LogP contribution in [-0.2, 0) is 15.6 Å². The van der Waals surface area contributed by atoms with Crippen LogP contribution in [-0.4, -0.2) is 10.5 Å². The lowest BCUT2D eigenvalue weighted by Gasteiger charge is -2.21. The zero-order valence-electron chi connectivity index (χ0n) is 6.60. The molecule has 0 spiro atoms. The van der Waals surface area contributed by atoms with E-state index in [-0.39, 0.29) is 0 Å². The molecule has 0 aliphatic rings. The van der Waals surface area contributed by atoms with Gasteiger partial charge in [-0.3, -0.25) is 0 Å². The van der Waals surface area contributed by atoms with Crippen molar-refractivity contribution in [1.82, 2.24) is 0 Å². The number of hydrogen-bond acceptors (Lipinski definition) is 4. The predicted molar refractivity (Wildman–Crippen MR) is 41.2 cm³/mol. The maximum absolute atomic E-state index is 8.45. The number of rotatable bonds is 3. The van der Waals surface area contributed by atoms with Gasteiger partial charge in [0.1, 0.15) is 0 Å². The number of benzene rings is 1. The zero-order valence-corrected chi connectivity index (χ0v) is 6.60. The lowest BCUT2D eigenvalue weighted by Crippen LogP contribution is -2.26. The van der Waals surface area contributed by atoms with E-state index in [1.54, 1.807) is 30.3 Å². The third-order valence-electron chi connectivity index (χ3n) is 1.65. The lowest BCUT2D eigenvalue weighted by atomic mass is 10.1. The minimum absolute atomic E-state index is 0.523. The van der Waals surface area contributed by atoms with Crippen molar-refractivity contribution >= 4 is 0 Å². The molecule has 0 unspecified atom stereocenters. The van der Waals surface area contributed by atoms with Gasteiger partial charge in [-0.2, -0.15) is 9.78 Å². The summed E-state index contributed by atoms with van der Waals surface area (Å²) in [6, 6.07) is 8.61. The molecule has 0 aliphatic carbocycles. The molecule has 0 fully saturated rings. The summed E-state index contributed by atoms with van der Waals surface area (Å²) in [6.45, 7) is 1.39. The Morgan fingerprint density at radius 2 is 1.58 bits per heavy atom. The maximum Gasteiger partial charge on any atom is 0.255 e. The molecule has 0 radical (unpaired) electrons. The second-order valence-electron chi connectivity index (χ2n) is 2.49. The van der Waals surface area contributed by atoms with Crippen molar-refractivity contribution < 1.29 is 20.3 Å². The third-order valence-corrected chi connectivity index (χ3v) is 1.65. The van der Waals surface area contributed by atoms with Crippen molar-refractivity contribution in [3.8, 4) is 0 Å². The number of hydrogen-bond donors (Lipinski definition) is 2. The summed E-state index contributed by atoms with van der Waals surface area (Å²) in [4.78, 5) is 8.00. The van der Waals surface area contributed by atoms with Gasteiger partial charge in [-0.25, -0.2) is 10.5 Å². The molecule has 1 aromatic carbocycles. The summed E-state index contributed by atoms with van der Waals surface area (Å²) in [5.74, 6) is -1.51. The van der Waals surface area contributed by atoms with E-state index < -0.39 is 5.79 Å². The molecular formula is C8H10O4. The average molecular weight is 170 g/mol. The van der Waals surface area contributed by atoms with Crippen LogP contribution in [0.1, 0.15) is 12.5 Å².